The zero-order valence-corrected chi connectivity index (χ0v) is 13.7. The van der Waals surface area contributed by atoms with Gasteiger partial charge in [0.05, 0.1) is 10.6 Å². The zero-order valence-electron chi connectivity index (χ0n) is 12.9. The SMILES string of the molecule is CC(=O)c1csc(C(=O)N2CCC(C(F)(F)F)n3nc(C)cc32)c1. The Labute approximate surface area is 139 Å². The molecule has 3 rings (SSSR count). The van der Waals surface area contributed by atoms with Crippen molar-refractivity contribution in [3.8, 4) is 0 Å². The molecule has 1 amide bonds. The Morgan fingerprint density at radius 1 is 1.33 bits per heavy atom. The number of hydrogen-bond donors (Lipinski definition) is 0. The van der Waals surface area contributed by atoms with E-state index >= 15 is 0 Å². The first kappa shape index (κ1) is 16.7. The molecule has 24 heavy (non-hydrogen) atoms. The van der Waals surface area contributed by atoms with Crippen molar-refractivity contribution in [1.29, 1.82) is 0 Å². The molecule has 0 saturated heterocycles. The van der Waals surface area contributed by atoms with E-state index in [2.05, 4.69) is 5.10 Å². The molecule has 1 unspecified atom stereocenters. The predicted octanol–water partition coefficient (Wildman–Crippen LogP) is 3.61. The molecule has 0 bridgehead atoms. The Kier molecular flexibility index (Phi) is 3.98. The van der Waals surface area contributed by atoms with Crippen molar-refractivity contribution < 1.29 is 22.8 Å². The van der Waals surface area contributed by atoms with Crippen molar-refractivity contribution in [2.75, 3.05) is 11.4 Å². The summed E-state index contributed by atoms with van der Waals surface area (Å²) < 4.78 is 40.4. The Morgan fingerprint density at radius 2 is 2.04 bits per heavy atom. The van der Waals surface area contributed by atoms with Crippen LogP contribution < -0.4 is 4.90 Å². The summed E-state index contributed by atoms with van der Waals surface area (Å²) in [5.41, 5.74) is 0.827. The molecular formula is C15H14F3N3O2S. The highest BCUT2D eigenvalue weighted by molar-refractivity contribution is 7.12. The molecule has 1 aliphatic heterocycles. The molecule has 0 fully saturated rings. The second kappa shape index (κ2) is 5.73. The maximum absolute atomic E-state index is 13.2. The summed E-state index contributed by atoms with van der Waals surface area (Å²) in [6, 6.07) is 1.20. The normalized spacial score (nSPS) is 17.7. The number of aryl methyl sites for hydroxylation is 1. The first-order valence-corrected chi connectivity index (χ1v) is 8.10. The van der Waals surface area contributed by atoms with Gasteiger partial charge in [-0.3, -0.25) is 14.5 Å². The summed E-state index contributed by atoms with van der Waals surface area (Å²) in [5, 5.41) is 5.48. The number of Topliss-reactive ketones (excluding diaryl/α,β-unsaturated/α-hetero) is 1. The van der Waals surface area contributed by atoms with E-state index in [-0.39, 0.29) is 24.6 Å². The molecule has 0 N–H and O–H groups in total. The number of halogens is 3. The lowest BCUT2D eigenvalue weighted by atomic mass is 10.1. The van der Waals surface area contributed by atoms with Crippen LogP contribution in [0, 0.1) is 6.92 Å². The number of nitrogens with zero attached hydrogens (tertiary/aromatic N) is 3. The van der Waals surface area contributed by atoms with Gasteiger partial charge in [-0.1, -0.05) is 0 Å². The summed E-state index contributed by atoms with van der Waals surface area (Å²) in [6.07, 6.45) is -4.68. The fourth-order valence-electron chi connectivity index (χ4n) is 2.70. The van der Waals surface area contributed by atoms with E-state index in [9.17, 15) is 22.8 Å². The van der Waals surface area contributed by atoms with Crippen LogP contribution in [-0.4, -0.2) is 34.2 Å². The standard InChI is InChI=1S/C15H14F3N3O2S/c1-8-5-13-20(4-3-12(15(16,17)18)21(13)19-8)14(23)11-6-10(7-24-11)9(2)22/h5-7,12H,3-4H2,1-2H3. The van der Waals surface area contributed by atoms with Crippen molar-refractivity contribution in [3.63, 3.8) is 0 Å². The number of thiophene rings is 1. The maximum atomic E-state index is 13.2. The fourth-order valence-corrected chi connectivity index (χ4v) is 3.59. The minimum Gasteiger partial charge on any atom is -0.294 e. The Morgan fingerprint density at radius 3 is 2.62 bits per heavy atom. The molecule has 1 aliphatic rings. The highest BCUT2D eigenvalue weighted by Crippen LogP contribution is 2.40. The topological polar surface area (TPSA) is 55.2 Å². The van der Waals surface area contributed by atoms with E-state index in [1.54, 1.807) is 12.3 Å². The Balaban J connectivity index is 1.96. The van der Waals surface area contributed by atoms with Crippen LogP contribution in [0.2, 0.25) is 0 Å². The van der Waals surface area contributed by atoms with Gasteiger partial charge in [0.1, 0.15) is 5.82 Å². The molecule has 2 aromatic rings. The lowest BCUT2D eigenvalue weighted by Crippen LogP contribution is -2.42. The molecular weight excluding hydrogens is 343 g/mol. The third kappa shape index (κ3) is 2.83. The van der Waals surface area contributed by atoms with Gasteiger partial charge in [0.2, 0.25) is 0 Å². The van der Waals surface area contributed by atoms with Crippen molar-refractivity contribution in [1.82, 2.24) is 9.78 Å². The number of alkyl halides is 3. The van der Waals surface area contributed by atoms with Crippen molar-refractivity contribution in [3.05, 3.63) is 33.6 Å². The number of aromatic nitrogens is 2. The molecule has 0 saturated carbocycles. The van der Waals surface area contributed by atoms with Gasteiger partial charge in [0, 0.05) is 23.6 Å². The van der Waals surface area contributed by atoms with E-state index in [4.69, 9.17) is 0 Å². The predicted molar refractivity (Wildman–Crippen MR) is 82.7 cm³/mol. The van der Waals surface area contributed by atoms with Crippen molar-refractivity contribution >= 4 is 28.8 Å². The smallest absolute Gasteiger partial charge is 0.294 e. The molecule has 9 heteroatoms. The van der Waals surface area contributed by atoms with Crippen LogP contribution in [0.5, 0.6) is 0 Å². The van der Waals surface area contributed by atoms with Crippen molar-refractivity contribution in [2.24, 2.45) is 0 Å². The second-order valence-corrected chi connectivity index (χ2v) is 6.56. The van der Waals surface area contributed by atoms with Gasteiger partial charge in [0.25, 0.3) is 5.91 Å². The minimum absolute atomic E-state index is 0.0541. The van der Waals surface area contributed by atoms with Gasteiger partial charge in [-0.15, -0.1) is 11.3 Å². The third-order valence-corrected chi connectivity index (χ3v) is 4.79. The molecule has 128 valence electrons. The largest absolute Gasteiger partial charge is 0.410 e. The van der Waals surface area contributed by atoms with Gasteiger partial charge in [-0.2, -0.15) is 18.3 Å². The second-order valence-electron chi connectivity index (χ2n) is 5.65. The molecule has 1 atom stereocenters. The molecule has 0 spiro atoms. The van der Waals surface area contributed by atoms with Crippen LogP contribution in [-0.2, 0) is 0 Å². The molecule has 0 aliphatic carbocycles. The molecule has 0 aromatic carbocycles. The van der Waals surface area contributed by atoms with Crippen LogP contribution in [0.3, 0.4) is 0 Å². The minimum atomic E-state index is -4.42. The van der Waals surface area contributed by atoms with Crippen LogP contribution in [0.15, 0.2) is 17.5 Å². The summed E-state index contributed by atoms with van der Waals surface area (Å²) in [7, 11) is 0. The number of amides is 1. The maximum Gasteiger partial charge on any atom is 0.410 e. The highest BCUT2D eigenvalue weighted by atomic mass is 32.1. The average molecular weight is 357 g/mol. The molecule has 2 aromatic heterocycles. The molecule has 3 heterocycles. The van der Waals surface area contributed by atoms with Crippen LogP contribution in [0.4, 0.5) is 19.0 Å². The summed E-state index contributed by atoms with van der Waals surface area (Å²) in [5.74, 6) is -0.458. The fraction of sp³-hybridized carbons (Fsp3) is 0.400. The Hall–Kier alpha value is -2.16. The van der Waals surface area contributed by atoms with Crippen LogP contribution >= 0.6 is 11.3 Å². The molecule has 0 radical (unpaired) electrons. The quantitative estimate of drug-likeness (QED) is 0.772. The third-order valence-electron chi connectivity index (χ3n) is 3.88. The van der Waals surface area contributed by atoms with E-state index < -0.39 is 18.1 Å². The van der Waals surface area contributed by atoms with Crippen LogP contribution in [0.1, 0.15) is 45.1 Å². The molecule has 5 nitrogen and oxygen atoms in total. The zero-order chi connectivity index (χ0) is 17.6. The highest BCUT2D eigenvalue weighted by Gasteiger charge is 2.46. The number of rotatable bonds is 2. The number of hydrogen-bond acceptors (Lipinski definition) is 4. The van der Waals surface area contributed by atoms with Gasteiger partial charge < -0.3 is 0 Å². The number of fused-ring (bicyclic) bond motifs is 1. The lowest BCUT2D eigenvalue weighted by molar-refractivity contribution is -0.172. The van der Waals surface area contributed by atoms with Gasteiger partial charge >= 0.3 is 6.18 Å². The average Bonchev–Trinajstić information content (AvgIpc) is 3.09. The number of carbonyl (C=O) groups is 2. The van der Waals surface area contributed by atoms with E-state index in [1.807, 2.05) is 0 Å². The lowest BCUT2D eigenvalue weighted by Gasteiger charge is -2.33. The first-order valence-electron chi connectivity index (χ1n) is 7.22. The van der Waals surface area contributed by atoms with Gasteiger partial charge in [-0.05, 0) is 26.3 Å². The summed E-state index contributed by atoms with van der Waals surface area (Å²) >= 11 is 1.10. The first-order chi connectivity index (χ1) is 11.2. The van der Waals surface area contributed by atoms with E-state index in [0.29, 0.717) is 16.1 Å². The van der Waals surface area contributed by atoms with E-state index in [0.717, 1.165) is 16.0 Å². The van der Waals surface area contributed by atoms with E-state index in [1.165, 1.54) is 24.0 Å². The number of carbonyl (C=O) groups excluding carboxylic acids is 2. The van der Waals surface area contributed by atoms with Crippen LogP contribution in [0.25, 0.3) is 0 Å². The number of ketones is 1. The number of anilines is 1. The Bertz CT molecular complexity index is 809. The summed E-state index contributed by atoms with van der Waals surface area (Å²) in [6.45, 7) is 2.92. The summed E-state index contributed by atoms with van der Waals surface area (Å²) in [4.78, 5) is 25.6. The monoisotopic (exact) mass is 357 g/mol. The van der Waals surface area contributed by atoms with Gasteiger partial charge in [0.15, 0.2) is 11.8 Å². The van der Waals surface area contributed by atoms with Gasteiger partial charge in [-0.25, -0.2) is 4.68 Å². The van der Waals surface area contributed by atoms with Crippen molar-refractivity contribution in [2.45, 2.75) is 32.5 Å².